The molecule has 0 aliphatic carbocycles. The number of nitrogens with two attached hydrogens (primary N) is 1. The number of hydrogen-bond donors (Lipinski definition) is 3. The predicted octanol–water partition coefficient (Wildman–Crippen LogP) is 4.48. The van der Waals surface area contributed by atoms with Gasteiger partial charge in [0.15, 0.2) is 0 Å². The molecule has 0 aliphatic rings. The van der Waals surface area contributed by atoms with Crippen LogP contribution in [0.15, 0.2) is 46.3 Å². The zero-order valence-electron chi connectivity index (χ0n) is 18.2. The maximum Gasteiger partial charge on any atom is 0.133 e. The van der Waals surface area contributed by atoms with Gasteiger partial charge in [-0.05, 0) is 61.7 Å². The number of anilines is 2. The second-order valence-electron chi connectivity index (χ2n) is 7.34. The highest BCUT2D eigenvalue weighted by Crippen LogP contribution is 2.32. The van der Waals surface area contributed by atoms with Crippen molar-refractivity contribution in [3.63, 3.8) is 0 Å². The Morgan fingerprint density at radius 3 is 2.55 bits per heavy atom. The Labute approximate surface area is 179 Å². The molecule has 0 bridgehead atoms. The van der Waals surface area contributed by atoms with E-state index in [1.54, 1.807) is 11.9 Å². The highest BCUT2D eigenvalue weighted by molar-refractivity contribution is 7.97. The molecule has 0 unspecified atom stereocenters. The SMILES string of the molecule is CNSc1ccc(N(C)C)c(N=C(N)c2ccc(OCCC(C)C)cc2NC)c1. The second-order valence-corrected chi connectivity index (χ2v) is 8.42. The molecule has 0 atom stereocenters. The zero-order valence-corrected chi connectivity index (χ0v) is 19.1. The van der Waals surface area contributed by atoms with Crippen molar-refractivity contribution in [3.8, 4) is 5.75 Å². The summed E-state index contributed by atoms with van der Waals surface area (Å²) in [6, 6.07) is 12.0. The fourth-order valence-corrected chi connectivity index (χ4v) is 3.34. The third-order valence-electron chi connectivity index (χ3n) is 4.39. The monoisotopic (exact) mass is 415 g/mol. The van der Waals surface area contributed by atoms with Crippen LogP contribution >= 0.6 is 11.9 Å². The second kappa shape index (κ2) is 11.0. The molecule has 0 aromatic heterocycles. The number of hydrogen-bond acceptors (Lipinski definition) is 6. The molecule has 0 saturated heterocycles. The molecule has 2 aromatic rings. The van der Waals surface area contributed by atoms with Crippen LogP contribution in [0.5, 0.6) is 5.75 Å². The van der Waals surface area contributed by atoms with Crippen LogP contribution in [0.1, 0.15) is 25.8 Å². The summed E-state index contributed by atoms with van der Waals surface area (Å²) in [5.41, 5.74) is 9.98. The Bertz CT molecular complexity index is 836. The third-order valence-corrected chi connectivity index (χ3v) is 5.08. The Morgan fingerprint density at radius 2 is 1.93 bits per heavy atom. The van der Waals surface area contributed by atoms with E-state index < -0.39 is 0 Å². The lowest BCUT2D eigenvalue weighted by atomic mass is 10.1. The van der Waals surface area contributed by atoms with Gasteiger partial charge in [0.25, 0.3) is 0 Å². The summed E-state index contributed by atoms with van der Waals surface area (Å²) in [4.78, 5) is 7.86. The van der Waals surface area contributed by atoms with Gasteiger partial charge in [-0.1, -0.05) is 13.8 Å². The van der Waals surface area contributed by atoms with Gasteiger partial charge in [0.2, 0.25) is 0 Å². The highest BCUT2D eigenvalue weighted by Gasteiger charge is 2.11. The molecule has 4 N–H and O–H groups in total. The Morgan fingerprint density at radius 1 is 1.17 bits per heavy atom. The lowest BCUT2D eigenvalue weighted by Crippen LogP contribution is -2.16. The standard InChI is InChI=1S/C22H33N5OS/c1-15(2)11-12-28-16-7-9-18(19(13-16)24-3)22(23)26-20-14-17(29-25-4)8-10-21(20)27(5)6/h7-10,13-15,24-25H,11-12H2,1-6H3,(H2,23,26). The largest absolute Gasteiger partial charge is 0.494 e. The van der Waals surface area contributed by atoms with Crippen LogP contribution < -0.4 is 25.4 Å². The van der Waals surface area contributed by atoms with E-state index in [0.717, 1.165) is 39.7 Å². The highest BCUT2D eigenvalue weighted by atomic mass is 32.2. The van der Waals surface area contributed by atoms with Crippen LogP contribution in [0.25, 0.3) is 0 Å². The maximum atomic E-state index is 6.41. The van der Waals surface area contributed by atoms with Crippen LogP contribution in [-0.4, -0.2) is 40.6 Å². The van der Waals surface area contributed by atoms with E-state index in [1.165, 1.54) is 0 Å². The van der Waals surface area contributed by atoms with Gasteiger partial charge in [-0.3, -0.25) is 4.72 Å². The van der Waals surface area contributed by atoms with Crippen molar-refractivity contribution in [1.29, 1.82) is 0 Å². The molecule has 0 radical (unpaired) electrons. The molecule has 0 heterocycles. The maximum absolute atomic E-state index is 6.41. The van der Waals surface area contributed by atoms with Gasteiger partial charge in [0.05, 0.1) is 18.0 Å². The average Bonchev–Trinajstić information content (AvgIpc) is 2.67. The van der Waals surface area contributed by atoms with Crippen molar-refractivity contribution >= 4 is 34.8 Å². The summed E-state index contributed by atoms with van der Waals surface area (Å²) in [5.74, 6) is 1.90. The number of aliphatic imine (C=N–C) groups is 1. The molecule has 0 amide bonds. The van der Waals surface area contributed by atoms with Crippen LogP contribution in [-0.2, 0) is 0 Å². The van der Waals surface area contributed by atoms with Gasteiger partial charge >= 0.3 is 0 Å². The fraction of sp³-hybridized carbons (Fsp3) is 0.409. The van der Waals surface area contributed by atoms with E-state index in [0.29, 0.717) is 18.4 Å². The molecule has 6 nitrogen and oxygen atoms in total. The first-order valence-corrected chi connectivity index (χ1v) is 10.6. The van der Waals surface area contributed by atoms with Crippen molar-refractivity contribution in [2.45, 2.75) is 25.2 Å². The minimum Gasteiger partial charge on any atom is -0.494 e. The first-order valence-electron chi connectivity index (χ1n) is 9.79. The predicted molar refractivity (Wildman–Crippen MR) is 127 cm³/mol. The molecule has 0 fully saturated rings. The van der Waals surface area contributed by atoms with Crippen molar-refractivity contribution in [3.05, 3.63) is 42.0 Å². The van der Waals surface area contributed by atoms with Crippen LogP contribution in [0.3, 0.4) is 0 Å². The van der Waals surface area contributed by atoms with E-state index in [9.17, 15) is 0 Å². The summed E-state index contributed by atoms with van der Waals surface area (Å²) >= 11 is 1.54. The first kappa shape index (κ1) is 22.9. The van der Waals surface area contributed by atoms with Gasteiger partial charge in [-0.15, -0.1) is 0 Å². The minimum atomic E-state index is 0.456. The molecular formula is C22H33N5OS. The summed E-state index contributed by atoms with van der Waals surface area (Å²) in [6.07, 6.45) is 1.02. The van der Waals surface area contributed by atoms with E-state index >= 15 is 0 Å². The molecule has 2 rings (SSSR count). The van der Waals surface area contributed by atoms with E-state index in [1.807, 2.05) is 57.4 Å². The van der Waals surface area contributed by atoms with Crippen molar-refractivity contribution in [2.75, 3.05) is 45.0 Å². The number of nitrogens with one attached hydrogen (secondary N) is 2. The molecule has 0 saturated carbocycles. The summed E-state index contributed by atoms with van der Waals surface area (Å²) in [7, 11) is 7.76. The van der Waals surface area contributed by atoms with Crippen molar-refractivity contribution in [2.24, 2.45) is 16.6 Å². The first-order chi connectivity index (χ1) is 13.8. The smallest absolute Gasteiger partial charge is 0.133 e. The molecule has 0 aliphatic heterocycles. The Balaban J connectivity index is 2.34. The molecule has 158 valence electrons. The molecular weight excluding hydrogens is 382 g/mol. The van der Waals surface area contributed by atoms with Crippen LogP contribution in [0.2, 0.25) is 0 Å². The lowest BCUT2D eigenvalue weighted by molar-refractivity contribution is 0.289. The number of amidine groups is 1. The van der Waals surface area contributed by atoms with Crippen molar-refractivity contribution < 1.29 is 4.74 Å². The van der Waals surface area contributed by atoms with Gasteiger partial charge in [-0.25, -0.2) is 4.99 Å². The molecule has 2 aromatic carbocycles. The summed E-state index contributed by atoms with van der Waals surface area (Å²) in [6.45, 7) is 5.08. The minimum absolute atomic E-state index is 0.456. The van der Waals surface area contributed by atoms with Gasteiger partial charge in [0, 0.05) is 43.4 Å². The van der Waals surface area contributed by atoms with Gasteiger partial charge in [-0.2, -0.15) is 0 Å². The Hall–Kier alpha value is -2.38. The number of ether oxygens (including phenoxy) is 1. The normalized spacial score (nSPS) is 11.6. The van der Waals surface area contributed by atoms with Crippen molar-refractivity contribution in [1.82, 2.24) is 4.72 Å². The van der Waals surface area contributed by atoms with Crippen LogP contribution in [0, 0.1) is 5.92 Å². The molecule has 7 heteroatoms. The lowest BCUT2D eigenvalue weighted by Gasteiger charge is -2.17. The van der Waals surface area contributed by atoms with E-state index in [2.05, 4.69) is 36.0 Å². The average molecular weight is 416 g/mol. The third kappa shape index (κ3) is 6.58. The topological polar surface area (TPSA) is 74.9 Å². The number of benzene rings is 2. The zero-order chi connectivity index (χ0) is 21.4. The summed E-state index contributed by atoms with van der Waals surface area (Å²) < 4.78 is 8.96. The molecule has 0 spiro atoms. The quantitative estimate of drug-likeness (QED) is 0.302. The summed E-state index contributed by atoms with van der Waals surface area (Å²) in [5, 5.41) is 3.21. The number of rotatable bonds is 10. The van der Waals surface area contributed by atoms with Gasteiger partial charge < -0.3 is 20.7 Å². The van der Waals surface area contributed by atoms with E-state index in [4.69, 9.17) is 15.5 Å². The van der Waals surface area contributed by atoms with E-state index in [-0.39, 0.29) is 0 Å². The number of nitrogens with zero attached hydrogens (tertiary/aromatic N) is 2. The fourth-order valence-electron chi connectivity index (χ4n) is 2.80. The van der Waals surface area contributed by atoms with Gasteiger partial charge in [0.1, 0.15) is 11.6 Å². The van der Waals surface area contributed by atoms with Crippen LogP contribution in [0.4, 0.5) is 17.1 Å². The Kier molecular flexibility index (Phi) is 8.67. The molecule has 29 heavy (non-hydrogen) atoms.